The Kier molecular flexibility index (Phi) is 0.889. The molecule has 0 aliphatic carbocycles. The predicted octanol–water partition coefficient (Wildman–Crippen LogP) is -0.236. The van der Waals surface area contributed by atoms with Crippen molar-refractivity contribution in [3.8, 4) is 0 Å². The van der Waals surface area contributed by atoms with Crippen molar-refractivity contribution in [3.05, 3.63) is 0 Å². The van der Waals surface area contributed by atoms with Crippen LogP contribution in [0.4, 0.5) is 0 Å². The molecule has 0 spiro atoms. The Morgan fingerprint density at radius 1 is 1.57 bits per heavy atom. The van der Waals surface area contributed by atoms with E-state index in [0.29, 0.717) is 0 Å². The van der Waals surface area contributed by atoms with Gasteiger partial charge in [0.05, 0.1) is 0 Å². The summed E-state index contributed by atoms with van der Waals surface area (Å²) in [4.78, 5) is 2.01. The first-order valence-corrected chi connectivity index (χ1v) is 2.24. The van der Waals surface area contributed by atoms with Crippen LogP contribution in [-0.2, 0) is 0 Å². The molecule has 0 saturated carbocycles. The molecule has 0 bridgehead atoms. The van der Waals surface area contributed by atoms with Gasteiger partial charge in [-0.25, -0.2) is 0 Å². The van der Waals surface area contributed by atoms with E-state index < -0.39 is 0 Å². The quantitative estimate of drug-likeness (QED) is 0.417. The average Bonchev–Trinajstić information content (AvgIpc) is 1.87. The van der Waals surface area contributed by atoms with Crippen molar-refractivity contribution in [1.82, 2.24) is 9.91 Å². The minimum atomic E-state index is 0.917. The van der Waals surface area contributed by atoms with E-state index in [4.69, 9.17) is 0 Å². The van der Waals surface area contributed by atoms with Crippen LogP contribution >= 0.6 is 0 Å². The average molecular weight is 99.1 g/mol. The van der Waals surface area contributed by atoms with Crippen LogP contribution in [0.15, 0.2) is 5.10 Å². The number of rotatable bonds is 0. The lowest BCUT2D eigenvalue weighted by Crippen LogP contribution is -2.19. The first-order chi connectivity index (χ1) is 3.29. The third-order valence-corrected chi connectivity index (χ3v) is 0.874. The number of hydrazone groups is 1. The Labute approximate surface area is 43.2 Å². The zero-order chi connectivity index (χ0) is 5.28. The van der Waals surface area contributed by atoms with E-state index in [1.54, 1.807) is 6.34 Å². The summed E-state index contributed by atoms with van der Waals surface area (Å²) in [5.41, 5.74) is 0. The molecule has 0 aromatic carbocycles. The zero-order valence-electron chi connectivity index (χ0n) is 4.63. The fourth-order valence-electron chi connectivity index (χ4n) is 0.572. The predicted molar refractivity (Wildman–Crippen MR) is 28.9 cm³/mol. The van der Waals surface area contributed by atoms with Crippen molar-refractivity contribution >= 4 is 6.34 Å². The summed E-state index contributed by atoms with van der Waals surface area (Å²) in [6.07, 6.45) is 1.81. The van der Waals surface area contributed by atoms with Gasteiger partial charge in [0, 0.05) is 14.1 Å². The van der Waals surface area contributed by atoms with Gasteiger partial charge in [-0.3, -0.25) is 5.01 Å². The van der Waals surface area contributed by atoms with Gasteiger partial charge in [-0.15, -0.1) is 0 Å². The van der Waals surface area contributed by atoms with Gasteiger partial charge in [-0.2, -0.15) is 5.10 Å². The summed E-state index contributed by atoms with van der Waals surface area (Å²) < 4.78 is 0. The second kappa shape index (κ2) is 1.40. The molecule has 0 saturated heterocycles. The maximum absolute atomic E-state index is 3.95. The number of nitrogens with zero attached hydrogens (tertiary/aromatic N) is 3. The van der Waals surface area contributed by atoms with E-state index >= 15 is 0 Å². The molecule has 3 heteroatoms. The number of hydrogen-bond donors (Lipinski definition) is 0. The first kappa shape index (κ1) is 4.43. The Bertz CT molecular complexity index is 78.9. The van der Waals surface area contributed by atoms with Crippen LogP contribution in [0.3, 0.4) is 0 Å². The molecule has 0 aromatic heterocycles. The van der Waals surface area contributed by atoms with E-state index in [2.05, 4.69) is 5.10 Å². The molecular weight excluding hydrogens is 90.1 g/mol. The summed E-state index contributed by atoms with van der Waals surface area (Å²) in [6, 6.07) is 0. The SMILES string of the molecule is CN1C=NN(C)C1. The fourth-order valence-corrected chi connectivity index (χ4v) is 0.572. The monoisotopic (exact) mass is 99.1 g/mol. The van der Waals surface area contributed by atoms with Crippen LogP contribution in [-0.4, -0.2) is 37.0 Å². The van der Waals surface area contributed by atoms with Crippen LogP contribution in [0.1, 0.15) is 0 Å². The largest absolute Gasteiger partial charge is 0.345 e. The topological polar surface area (TPSA) is 18.8 Å². The third kappa shape index (κ3) is 0.824. The van der Waals surface area contributed by atoms with Crippen LogP contribution in [0.25, 0.3) is 0 Å². The highest BCUT2D eigenvalue weighted by atomic mass is 15.6. The molecule has 1 heterocycles. The Morgan fingerprint density at radius 2 is 2.29 bits per heavy atom. The van der Waals surface area contributed by atoms with Crippen molar-refractivity contribution in [2.24, 2.45) is 5.10 Å². The van der Waals surface area contributed by atoms with Gasteiger partial charge >= 0.3 is 0 Å². The Balaban J connectivity index is 2.42. The molecule has 0 fully saturated rings. The smallest absolute Gasteiger partial charge is 0.112 e. The molecule has 1 aliphatic heterocycles. The number of hydrogen-bond acceptors (Lipinski definition) is 3. The lowest BCUT2D eigenvalue weighted by Gasteiger charge is -2.07. The molecule has 0 N–H and O–H groups in total. The van der Waals surface area contributed by atoms with Gasteiger partial charge in [0.25, 0.3) is 0 Å². The molecule has 1 aliphatic rings. The minimum Gasteiger partial charge on any atom is -0.345 e. The normalized spacial score (nSPS) is 19.1. The van der Waals surface area contributed by atoms with Crippen molar-refractivity contribution in [1.29, 1.82) is 0 Å². The van der Waals surface area contributed by atoms with Crippen molar-refractivity contribution < 1.29 is 0 Å². The Morgan fingerprint density at radius 3 is 2.43 bits per heavy atom. The summed E-state index contributed by atoms with van der Waals surface area (Å²) in [6.45, 7) is 0.917. The van der Waals surface area contributed by atoms with Gasteiger partial charge in [0.1, 0.15) is 13.0 Å². The van der Waals surface area contributed by atoms with E-state index in [9.17, 15) is 0 Å². The molecule has 0 atom stereocenters. The van der Waals surface area contributed by atoms with Gasteiger partial charge in [0.2, 0.25) is 0 Å². The highest BCUT2D eigenvalue weighted by Crippen LogP contribution is 1.92. The van der Waals surface area contributed by atoms with Crippen LogP contribution in [0.5, 0.6) is 0 Å². The van der Waals surface area contributed by atoms with Gasteiger partial charge in [-0.05, 0) is 0 Å². The molecule has 0 radical (unpaired) electrons. The lowest BCUT2D eigenvalue weighted by atomic mass is 10.9. The molecule has 1 rings (SSSR count). The third-order valence-electron chi connectivity index (χ3n) is 0.874. The summed E-state index contributed by atoms with van der Waals surface area (Å²) in [5, 5.41) is 5.83. The fraction of sp³-hybridized carbons (Fsp3) is 0.750. The Hall–Kier alpha value is -0.730. The molecule has 40 valence electrons. The standard InChI is InChI=1S/C4H9N3/c1-6-3-5-7(2)4-6/h3H,4H2,1-2H3. The van der Waals surface area contributed by atoms with Crippen molar-refractivity contribution in [2.75, 3.05) is 20.8 Å². The van der Waals surface area contributed by atoms with Crippen LogP contribution in [0, 0.1) is 0 Å². The van der Waals surface area contributed by atoms with Gasteiger partial charge in [-0.1, -0.05) is 0 Å². The molecule has 0 unspecified atom stereocenters. The van der Waals surface area contributed by atoms with Crippen LogP contribution in [0.2, 0.25) is 0 Å². The molecule has 3 nitrogen and oxygen atoms in total. The highest BCUT2D eigenvalue weighted by molar-refractivity contribution is 5.55. The van der Waals surface area contributed by atoms with Crippen LogP contribution < -0.4 is 0 Å². The van der Waals surface area contributed by atoms with E-state index in [1.165, 1.54) is 0 Å². The zero-order valence-corrected chi connectivity index (χ0v) is 4.63. The van der Waals surface area contributed by atoms with E-state index in [1.807, 2.05) is 24.0 Å². The minimum absolute atomic E-state index is 0.917. The molecule has 0 amide bonds. The summed E-state index contributed by atoms with van der Waals surface area (Å²) in [5.74, 6) is 0. The maximum Gasteiger partial charge on any atom is 0.112 e. The summed E-state index contributed by atoms with van der Waals surface area (Å²) in [7, 11) is 3.94. The maximum atomic E-state index is 3.95. The van der Waals surface area contributed by atoms with Crippen molar-refractivity contribution in [2.45, 2.75) is 0 Å². The molecule has 7 heavy (non-hydrogen) atoms. The van der Waals surface area contributed by atoms with Gasteiger partial charge in [0.15, 0.2) is 0 Å². The second-order valence-corrected chi connectivity index (χ2v) is 1.79. The lowest BCUT2D eigenvalue weighted by molar-refractivity contribution is 0.304. The van der Waals surface area contributed by atoms with Gasteiger partial charge < -0.3 is 4.90 Å². The van der Waals surface area contributed by atoms with E-state index in [-0.39, 0.29) is 0 Å². The highest BCUT2D eigenvalue weighted by Gasteiger charge is 2.01. The second-order valence-electron chi connectivity index (χ2n) is 1.79. The summed E-state index contributed by atoms with van der Waals surface area (Å²) >= 11 is 0. The van der Waals surface area contributed by atoms with Crippen molar-refractivity contribution in [3.63, 3.8) is 0 Å². The first-order valence-electron chi connectivity index (χ1n) is 2.24. The molecular formula is C4H9N3. The van der Waals surface area contributed by atoms with E-state index in [0.717, 1.165) is 6.67 Å². The molecule has 0 aromatic rings.